The van der Waals surface area contributed by atoms with Crippen molar-refractivity contribution in [2.24, 2.45) is 7.05 Å². The second-order valence-electron chi connectivity index (χ2n) is 7.28. The third-order valence-corrected chi connectivity index (χ3v) is 5.43. The van der Waals surface area contributed by atoms with Crippen LogP contribution in [0.25, 0.3) is 0 Å². The first-order valence-corrected chi connectivity index (χ1v) is 9.31. The number of benzene rings is 1. The third kappa shape index (κ3) is 3.47. The summed E-state index contributed by atoms with van der Waals surface area (Å²) in [7, 11) is 1.92. The average Bonchev–Trinajstić information content (AvgIpc) is 3.36. The zero-order chi connectivity index (χ0) is 17.2. The summed E-state index contributed by atoms with van der Waals surface area (Å²) in [6.45, 7) is 4.22. The normalized spacial score (nSPS) is 21.2. The van der Waals surface area contributed by atoms with E-state index in [-0.39, 0.29) is 11.9 Å². The molecule has 1 aromatic heterocycles. The van der Waals surface area contributed by atoms with Crippen LogP contribution >= 0.6 is 0 Å². The molecular weight excluding hydrogens is 312 g/mol. The summed E-state index contributed by atoms with van der Waals surface area (Å²) in [5.74, 6) is 0.138. The molecule has 4 rings (SSSR count). The summed E-state index contributed by atoms with van der Waals surface area (Å²) in [5.41, 5.74) is 3.23. The van der Waals surface area contributed by atoms with Crippen LogP contribution in [0.5, 0.6) is 0 Å². The van der Waals surface area contributed by atoms with E-state index in [2.05, 4.69) is 22.1 Å². The fraction of sp³-hybridized carbons (Fsp3) is 0.500. The summed E-state index contributed by atoms with van der Waals surface area (Å²) in [6, 6.07) is 8.37. The van der Waals surface area contributed by atoms with Gasteiger partial charge < -0.3 is 4.90 Å². The average molecular weight is 338 g/mol. The van der Waals surface area contributed by atoms with Gasteiger partial charge in [0.25, 0.3) is 5.91 Å². The standard InChI is InChI=1S/C20H26N4O/c1-22-15-18(13-21-22)19-5-4-12-24(19)20(25)17-8-6-16(7-9-17)14-23-10-2-3-11-23/h6-9,13,15,19H,2-5,10-12,14H2,1H3. The van der Waals surface area contributed by atoms with Crippen molar-refractivity contribution in [3.05, 3.63) is 53.3 Å². The molecule has 2 aliphatic rings. The van der Waals surface area contributed by atoms with Crippen molar-refractivity contribution < 1.29 is 4.79 Å². The van der Waals surface area contributed by atoms with Crippen molar-refractivity contribution in [3.63, 3.8) is 0 Å². The number of carbonyl (C=O) groups excluding carboxylic acids is 1. The van der Waals surface area contributed by atoms with Crippen molar-refractivity contribution >= 4 is 5.91 Å². The molecule has 0 aliphatic carbocycles. The fourth-order valence-electron chi connectivity index (χ4n) is 4.09. The van der Waals surface area contributed by atoms with Gasteiger partial charge in [-0.2, -0.15) is 5.10 Å². The molecule has 0 N–H and O–H groups in total. The smallest absolute Gasteiger partial charge is 0.254 e. The van der Waals surface area contributed by atoms with Gasteiger partial charge in [0.15, 0.2) is 0 Å². The first-order valence-electron chi connectivity index (χ1n) is 9.31. The van der Waals surface area contributed by atoms with E-state index < -0.39 is 0 Å². The molecule has 0 bridgehead atoms. The maximum atomic E-state index is 13.0. The van der Waals surface area contributed by atoms with Gasteiger partial charge in [-0.15, -0.1) is 0 Å². The number of carbonyl (C=O) groups is 1. The maximum absolute atomic E-state index is 13.0. The quantitative estimate of drug-likeness (QED) is 0.860. The lowest BCUT2D eigenvalue weighted by Crippen LogP contribution is -2.30. The molecule has 3 heterocycles. The first kappa shape index (κ1) is 16.3. The van der Waals surface area contributed by atoms with Crippen LogP contribution in [0, 0.1) is 0 Å². The molecule has 1 atom stereocenters. The van der Waals surface area contributed by atoms with E-state index in [1.807, 2.05) is 41.2 Å². The molecule has 25 heavy (non-hydrogen) atoms. The third-order valence-electron chi connectivity index (χ3n) is 5.43. The molecular formula is C20H26N4O. The molecule has 132 valence electrons. The Balaban J connectivity index is 1.46. The number of hydrogen-bond acceptors (Lipinski definition) is 3. The highest BCUT2D eigenvalue weighted by Crippen LogP contribution is 2.32. The van der Waals surface area contributed by atoms with E-state index >= 15 is 0 Å². The summed E-state index contributed by atoms with van der Waals surface area (Å²) in [4.78, 5) is 17.5. The predicted molar refractivity (Wildman–Crippen MR) is 97.2 cm³/mol. The van der Waals surface area contributed by atoms with E-state index in [1.165, 1.54) is 31.5 Å². The minimum Gasteiger partial charge on any atom is -0.331 e. The Kier molecular flexibility index (Phi) is 4.57. The van der Waals surface area contributed by atoms with E-state index in [9.17, 15) is 4.79 Å². The molecule has 0 radical (unpaired) electrons. The Morgan fingerprint density at radius 3 is 2.56 bits per heavy atom. The number of nitrogens with zero attached hydrogens (tertiary/aromatic N) is 4. The highest BCUT2D eigenvalue weighted by Gasteiger charge is 2.31. The van der Waals surface area contributed by atoms with Crippen molar-refractivity contribution in [3.8, 4) is 0 Å². The van der Waals surface area contributed by atoms with Crippen LogP contribution in [-0.2, 0) is 13.6 Å². The van der Waals surface area contributed by atoms with Crippen LogP contribution in [0.3, 0.4) is 0 Å². The highest BCUT2D eigenvalue weighted by atomic mass is 16.2. The summed E-state index contributed by atoms with van der Waals surface area (Å²) in [5, 5.41) is 4.26. The Bertz CT molecular complexity index is 730. The minimum atomic E-state index is 0.138. The van der Waals surface area contributed by atoms with Crippen LogP contribution in [0.15, 0.2) is 36.7 Å². The molecule has 1 amide bonds. The minimum absolute atomic E-state index is 0.138. The fourth-order valence-corrected chi connectivity index (χ4v) is 4.09. The topological polar surface area (TPSA) is 41.4 Å². The van der Waals surface area contributed by atoms with Crippen LogP contribution in [0.4, 0.5) is 0 Å². The van der Waals surface area contributed by atoms with Crippen molar-refractivity contribution in [1.82, 2.24) is 19.6 Å². The zero-order valence-corrected chi connectivity index (χ0v) is 14.9. The van der Waals surface area contributed by atoms with Gasteiger partial charge in [0.2, 0.25) is 0 Å². The van der Waals surface area contributed by atoms with Crippen LogP contribution in [-0.4, -0.2) is 45.1 Å². The SMILES string of the molecule is Cn1cc(C2CCCN2C(=O)c2ccc(CN3CCCC3)cc2)cn1. The van der Waals surface area contributed by atoms with Gasteiger partial charge in [0.05, 0.1) is 12.2 Å². The number of amides is 1. The van der Waals surface area contributed by atoms with Gasteiger partial charge in [0, 0.05) is 37.5 Å². The number of aryl methyl sites for hydroxylation is 1. The molecule has 2 aromatic rings. The van der Waals surface area contributed by atoms with E-state index in [0.717, 1.165) is 37.1 Å². The maximum Gasteiger partial charge on any atom is 0.254 e. The highest BCUT2D eigenvalue weighted by molar-refractivity contribution is 5.94. The monoisotopic (exact) mass is 338 g/mol. The summed E-state index contributed by atoms with van der Waals surface area (Å²) in [6.07, 6.45) is 8.59. The van der Waals surface area contributed by atoms with Crippen LogP contribution < -0.4 is 0 Å². The van der Waals surface area contributed by atoms with Gasteiger partial charge >= 0.3 is 0 Å². The molecule has 0 spiro atoms. The van der Waals surface area contributed by atoms with Gasteiger partial charge in [0.1, 0.15) is 0 Å². The largest absolute Gasteiger partial charge is 0.331 e. The molecule has 5 heteroatoms. The molecule has 1 unspecified atom stereocenters. The van der Waals surface area contributed by atoms with Crippen LogP contribution in [0.1, 0.15) is 53.2 Å². The molecule has 2 aliphatic heterocycles. The van der Waals surface area contributed by atoms with E-state index in [0.29, 0.717) is 0 Å². The van der Waals surface area contributed by atoms with Gasteiger partial charge in [-0.25, -0.2) is 0 Å². The Morgan fingerprint density at radius 2 is 1.88 bits per heavy atom. The molecule has 5 nitrogen and oxygen atoms in total. The van der Waals surface area contributed by atoms with E-state index in [1.54, 1.807) is 0 Å². The van der Waals surface area contributed by atoms with Gasteiger partial charge in [-0.3, -0.25) is 14.4 Å². The predicted octanol–water partition coefficient (Wildman–Crippen LogP) is 2.99. The lowest BCUT2D eigenvalue weighted by Gasteiger charge is -2.24. The lowest BCUT2D eigenvalue weighted by atomic mass is 10.1. The van der Waals surface area contributed by atoms with Crippen LogP contribution in [0.2, 0.25) is 0 Å². The molecule has 2 fully saturated rings. The Hall–Kier alpha value is -2.14. The molecule has 0 saturated carbocycles. The van der Waals surface area contributed by atoms with Crippen molar-refractivity contribution in [2.45, 2.75) is 38.3 Å². The lowest BCUT2D eigenvalue weighted by molar-refractivity contribution is 0.0735. The zero-order valence-electron chi connectivity index (χ0n) is 14.9. The number of rotatable bonds is 4. The van der Waals surface area contributed by atoms with E-state index in [4.69, 9.17) is 0 Å². The van der Waals surface area contributed by atoms with Crippen molar-refractivity contribution in [1.29, 1.82) is 0 Å². The number of hydrogen-bond donors (Lipinski definition) is 0. The van der Waals surface area contributed by atoms with Gasteiger partial charge in [-0.05, 0) is 56.5 Å². The second-order valence-corrected chi connectivity index (χ2v) is 7.28. The number of likely N-dealkylation sites (tertiary alicyclic amines) is 2. The van der Waals surface area contributed by atoms with Gasteiger partial charge in [-0.1, -0.05) is 12.1 Å². The molecule has 1 aromatic carbocycles. The second kappa shape index (κ2) is 7.00. The number of aromatic nitrogens is 2. The molecule has 2 saturated heterocycles. The Morgan fingerprint density at radius 1 is 1.12 bits per heavy atom. The summed E-state index contributed by atoms with van der Waals surface area (Å²) >= 11 is 0. The van der Waals surface area contributed by atoms with Crippen molar-refractivity contribution in [2.75, 3.05) is 19.6 Å². The summed E-state index contributed by atoms with van der Waals surface area (Å²) < 4.78 is 1.81. The first-order chi connectivity index (χ1) is 12.2. The Labute approximate surface area is 149 Å².